The van der Waals surface area contributed by atoms with E-state index in [1.165, 1.54) is 11.8 Å². The third-order valence-electron chi connectivity index (χ3n) is 5.03. The summed E-state index contributed by atoms with van der Waals surface area (Å²) in [6, 6.07) is 15.3. The lowest BCUT2D eigenvalue weighted by Crippen LogP contribution is -2.18. The summed E-state index contributed by atoms with van der Waals surface area (Å²) in [5.41, 5.74) is 9.86. The molecule has 35 heavy (non-hydrogen) atoms. The summed E-state index contributed by atoms with van der Waals surface area (Å²) in [6.45, 7) is 4.03. The second-order valence-corrected chi connectivity index (χ2v) is 7.55. The number of nitrogens with one attached hydrogen (secondary N) is 2. The minimum absolute atomic E-state index is 0.134. The standard InChI is InChI=1S/C17H19N7O2.C8H10O/c1-4-13-22-16(26-24-13)12-8-20-17(23-14(12)18)21-10-5-6-11(9(2)7-10)15(25)19-3;9-7-6-8-4-2-1-3-5-8/h5-8H,4H2,1-3H3,(H,19,25)(H3,18,20,21,23);1-5,9H,6-7H2. The Morgan fingerprint density at radius 1 is 1.14 bits per heavy atom. The van der Waals surface area contributed by atoms with Gasteiger partial charge in [0.2, 0.25) is 5.95 Å². The van der Waals surface area contributed by atoms with E-state index in [4.69, 9.17) is 15.4 Å². The highest BCUT2D eigenvalue weighted by Crippen LogP contribution is 2.24. The number of hydrogen-bond donors (Lipinski definition) is 4. The summed E-state index contributed by atoms with van der Waals surface area (Å²) in [6.07, 6.45) is 2.96. The predicted octanol–water partition coefficient (Wildman–Crippen LogP) is 3.30. The van der Waals surface area contributed by atoms with E-state index in [9.17, 15) is 4.79 Å². The minimum atomic E-state index is -0.134. The number of benzene rings is 2. The predicted molar refractivity (Wildman–Crippen MR) is 134 cm³/mol. The first kappa shape index (κ1) is 25.3. The zero-order valence-electron chi connectivity index (χ0n) is 19.9. The van der Waals surface area contributed by atoms with Crippen molar-refractivity contribution in [3.05, 3.63) is 77.2 Å². The Hall–Kier alpha value is -4.31. The van der Waals surface area contributed by atoms with Crippen molar-refractivity contribution in [2.75, 3.05) is 24.7 Å². The number of aliphatic hydroxyl groups is 1. The maximum Gasteiger partial charge on any atom is 0.263 e. The van der Waals surface area contributed by atoms with Crippen molar-refractivity contribution >= 4 is 23.4 Å². The molecule has 4 rings (SSSR count). The smallest absolute Gasteiger partial charge is 0.263 e. The number of nitrogens with two attached hydrogens (primary N) is 1. The maximum atomic E-state index is 11.8. The van der Waals surface area contributed by atoms with Gasteiger partial charge in [-0.05, 0) is 42.7 Å². The van der Waals surface area contributed by atoms with Crippen LogP contribution in [0, 0.1) is 6.92 Å². The topological polar surface area (TPSA) is 152 Å². The van der Waals surface area contributed by atoms with Gasteiger partial charge in [-0.2, -0.15) is 9.97 Å². The van der Waals surface area contributed by atoms with Gasteiger partial charge in [-0.3, -0.25) is 4.79 Å². The molecule has 1 amide bonds. The highest BCUT2D eigenvalue weighted by atomic mass is 16.5. The molecule has 182 valence electrons. The number of hydrogen-bond acceptors (Lipinski definition) is 9. The summed E-state index contributed by atoms with van der Waals surface area (Å²) in [7, 11) is 1.60. The zero-order chi connectivity index (χ0) is 25.2. The van der Waals surface area contributed by atoms with Gasteiger partial charge in [0, 0.05) is 37.5 Å². The van der Waals surface area contributed by atoms with Gasteiger partial charge in [0.05, 0.1) is 0 Å². The van der Waals surface area contributed by atoms with Crippen LogP contribution in [0.1, 0.15) is 34.2 Å². The second-order valence-electron chi connectivity index (χ2n) is 7.55. The molecule has 0 aliphatic carbocycles. The molecule has 2 aromatic carbocycles. The van der Waals surface area contributed by atoms with Gasteiger partial charge in [-0.1, -0.05) is 42.4 Å². The fraction of sp³-hybridized carbons (Fsp3) is 0.240. The van der Waals surface area contributed by atoms with Gasteiger partial charge in [-0.15, -0.1) is 0 Å². The molecule has 4 aromatic rings. The summed E-state index contributed by atoms with van der Waals surface area (Å²) in [5, 5.41) is 18.0. The van der Waals surface area contributed by atoms with Crippen LogP contribution in [0.15, 0.2) is 59.3 Å². The molecule has 0 fully saturated rings. The largest absolute Gasteiger partial charge is 0.396 e. The van der Waals surface area contributed by atoms with E-state index in [1.807, 2.05) is 50.2 Å². The Bertz CT molecular complexity index is 1260. The van der Waals surface area contributed by atoms with E-state index in [0.717, 1.165) is 17.7 Å². The van der Waals surface area contributed by atoms with Crippen LogP contribution in [-0.2, 0) is 12.8 Å². The van der Waals surface area contributed by atoms with Crippen molar-refractivity contribution in [1.29, 1.82) is 0 Å². The molecule has 10 nitrogen and oxygen atoms in total. The molecule has 2 aromatic heterocycles. The average molecular weight is 476 g/mol. The molecule has 0 aliphatic rings. The van der Waals surface area contributed by atoms with Crippen LogP contribution < -0.4 is 16.4 Å². The van der Waals surface area contributed by atoms with Gasteiger partial charge in [0.25, 0.3) is 11.8 Å². The Labute approximate surface area is 203 Å². The van der Waals surface area contributed by atoms with E-state index in [2.05, 4.69) is 30.7 Å². The van der Waals surface area contributed by atoms with Gasteiger partial charge < -0.3 is 26.0 Å². The van der Waals surface area contributed by atoms with Crippen molar-refractivity contribution in [2.45, 2.75) is 26.7 Å². The maximum absolute atomic E-state index is 11.8. The number of aliphatic hydroxyl groups excluding tert-OH is 1. The lowest BCUT2D eigenvalue weighted by molar-refractivity contribution is 0.0962. The highest BCUT2D eigenvalue weighted by molar-refractivity contribution is 5.95. The Morgan fingerprint density at radius 3 is 2.51 bits per heavy atom. The van der Waals surface area contributed by atoms with E-state index >= 15 is 0 Å². The number of anilines is 3. The monoisotopic (exact) mass is 475 g/mol. The summed E-state index contributed by atoms with van der Waals surface area (Å²) in [5.74, 6) is 1.30. The molecular weight excluding hydrogens is 446 g/mol. The van der Waals surface area contributed by atoms with Crippen LogP contribution in [0.2, 0.25) is 0 Å². The lowest BCUT2D eigenvalue weighted by Gasteiger charge is -2.09. The molecule has 10 heteroatoms. The number of aromatic nitrogens is 4. The Balaban J connectivity index is 0.000000320. The van der Waals surface area contributed by atoms with Gasteiger partial charge in [0.15, 0.2) is 5.82 Å². The summed E-state index contributed by atoms with van der Waals surface area (Å²) in [4.78, 5) is 24.4. The molecule has 0 saturated carbocycles. The molecule has 5 N–H and O–H groups in total. The number of carbonyl (C=O) groups is 1. The molecule has 0 aliphatic heterocycles. The SMILES string of the molecule is CCc1noc(-c2cnc(Nc3ccc(C(=O)NC)c(C)c3)nc2N)n1.OCCc1ccccc1. The minimum Gasteiger partial charge on any atom is -0.396 e. The number of carbonyl (C=O) groups excluding carboxylic acids is 1. The number of nitrogens with zero attached hydrogens (tertiary/aromatic N) is 4. The summed E-state index contributed by atoms with van der Waals surface area (Å²) < 4.78 is 5.16. The molecule has 0 spiro atoms. The van der Waals surface area contributed by atoms with Crippen LogP contribution in [0.25, 0.3) is 11.5 Å². The van der Waals surface area contributed by atoms with Gasteiger partial charge in [-0.25, -0.2) is 4.98 Å². The van der Waals surface area contributed by atoms with Crippen molar-refractivity contribution in [3.8, 4) is 11.5 Å². The van der Waals surface area contributed by atoms with Crippen LogP contribution in [-0.4, -0.2) is 44.8 Å². The van der Waals surface area contributed by atoms with E-state index in [-0.39, 0.29) is 24.2 Å². The number of amides is 1. The van der Waals surface area contributed by atoms with Crippen molar-refractivity contribution in [3.63, 3.8) is 0 Å². The zero-order valence-corrected chi connectivity index (χ0v) is 19.9. The lowest BCUT2D eigenvalue weighted by atomic mass is 10.1. The molecule has 0 atom stereocenters. The first-order valence-electron chi connectivity index (χ1n) is 11.1. The van der Waals surface area contributed by atoms with Crippen LogP contribution >= 0.6 is 0 Å². The van der Waals surface area contributed by atoms with Crippen molar-refractivity contribution in [1.82, 2.24) is 25.4 Å². The third kappa shape index (κ3) is 6.84. The fourth-order valence-corrected chi connectivity index (χ4v) is 3.16. The molecule has 0 saturated heterocycles. The molecule has 0 bridgehead atoms. The fourth-order valence-electron chi connectivity index (χ4n) is 3.16. The first-order valence-corrected chi connectivity index (χ1v) is 11.1. The number of rotatable bonds is 7. The molecule has 0 radical (unpaired) electrons. The van der Waals surface area contributed by atoms with Crippen molar-refractivity contribution < 1.29 is 14.4 Å². The van der Waals surface area contributed by atoms with E-state index < -0.39 is 0 Å². The Morgan fingerprint density at radius 2 is 1.91 bits per heavy atom. The Kier molecular flexibility index (Phi) is 8.85. The third-order valence-corrected chi connectivity index (χ3v) is 5.03. The van der Waals surface area contributed by atoms with Crippen LogP contribution in [0.3, 0.4) is 0 Å². The second kappa shape index (κ2) is 12.2. The van der Waals surface area contributed by atoms with Crippen molar-refractivity contribution in [2.24, 2.45) is 0 Å². The quantitative estimate of drug-likeness (QED) is 0.315. The van der Waals surface area contributed by atoms with E-state index in [0.29, 0.717) is 29.3 Å². The van der Waals surface area contributed by atoms with Crippen LogP contribution in [0.4, 0.5) is 17.5 Å². The molecule has 0 unspecified atom stereocenters. The molecule has 2 heterocycles. The van der Waals surface area contributed by atoms with E-state index in [1.54, 1.807) is 19.2 Å². The van der Waals surface area contributed by atoms with Gasteiger partial charge >= 0.3 is 0 Å². The number of nitrogen functional groups attached to an aromatic ring is 1. The van der Waals surface area contributed by atoms with Gasteiger partial charge in [0.1, 0.15) is 11.4 Å². The first-order chi connectivity index (χ1) is 16.9. The average Bonchev–Trinajstić information content (AvgIpc) is 3.34. The normalized spacial score (nSPS) is 10.3. The molecular formula is C25H29N7O3. The highest BCUT2D eigenvalue weighted by Gasteiger charge is 2.14. The number of aryl methyl sites for hydroxylation is 2. The van der Waals surface area contributed by atoms with Crippen LogP contribution in [0.5, 0.6) is 0 Å². The summed E-state index contributed by atoms with van der Waals surface area (Å²) >= 11 is 0.